The molecule has 8 atom stereocenters. The number of fused-ring (bicyclic) bond motifs is 5. The Morgan fingerprint density at radius 1 is 1.21 bits per heavy atom. The summed E-state index contributed by atoms with van der Waals surface area (Å²) in [7, 11) is 0. The molecule has 1 aromatic rings. The van der Waals surface area contributed by atoms with Crippen LogP contribution >= 0.6 is 23.2 Å². The van der Waals surface area contributed by atoms with E-state index >= 15 is 0 Å². The molecule has 0 amide bonds. The molecule has 5 rings (SSSR count). The average molecular weight is 563 g/mol. The van der Waals surface area contributed by atoms with Gasteiger partial charge in [-0.3, -0.25) is 14.4 Å². The molecule has 0 spiro atoms. The summed E-state index contributed by atoms with van der Waals surface area (Å²) in [6, 6.07) is 3.06. The lowest BCUT2D eigenvalue weighted by Crippen LogP contribution is -2.70. The molecule has 3 saturated carbocycles. The fraction of sp³-hybridized carbons (Fsp3) is 0.586. The van der Waals surface area contributed by atoms with Crippen LogP contribution in [0.1, 0.15) is 63.9 Å². The van der Waals surface area contributed by atoms with Crippen molar-refractivity contribution in [2.24, 2.45) is 28.6 Å². The predicted molar refractivity (Wildman–Crippen MR) is 140 cm³/mol. The molecule has 7 nitrogen and oxygen atoms in total. The lowest BCUT2D eigenvalue weighted by molar-refractivity contribution is -0.188. The monoisotopic (exact) mass is 562 g/mol. The maximum absolute atomic E-state index is 13.8. The summed E-state index contributed by atoms with van der Waals surface area (Å²) in [5, 5.41) is 0. The molecule has 3 fully saturated rings. The van der Waals surface area contributed by atoms with Crippen molar-refractivity contribution in [2.75, 3.05) is 5.88 Å². The molecule has 204 valence electrons. The Labute approximate surface area is 231 Å². The van der Waals surface area contributed by atoms with Crippen molar-refractivity contribution in [1.82, 2.24) is 0 Å². The molecular weight excluding hydrogens is 531 g/mol. The van der Waals surface area contributed by atoms with E-state index in [1.54, 1.807) is 12.1 Å². The van der Waals surface area contributed by atoms with Crippen LogP contribution in [-0.4, -0.2) is 46.0 Å². The second-order valence-corrected chi connectivity index (χ2v) is 12.5. The number of ether oxygens (including phenoxy) is 2. The summed E-state index contributed by atoms with van der Waals surface area (Å²) >= 11 is 13.9. The molecule has 4 aliphatic rings. The number of hydrogen-bond acceptors (Lipinski definition) is 7. The third-order valence-electron chi connectivity index (χ3n) is 9.98. The van der Waals surface area contributed by atoms with E-state index in [-0.39, 0.29) is 41.6 Å². The van der Waals surface area contributed by atoms with Crippen LogP contribution in [-0.2, 0) is 23.9 Å². The van der Waals surface area contributed by atoms with Crippen LogP contribution in [0.2, 0.25) is 0 Å². The number of halogens is 2. The number of hydrogen-bond donors (Lipinski definition) is 0. The first-order valence-electron chi connectivity index (χ1n) is 13.0. The smallest absolute Gasteiger partial charge is 0.375 e. The second kappa shape index (κ2) is 9.09. The molecule has 38 heavy (non-hydrogen) atoms. The quantitative estimate of drug-likeness (QED) is 0.348. The minimum Gasteiger partial charge on any atom is -0.461 e. The van der Waals surface area contributed by atoms with E-state index < -0.39 is 45.1 Å². The van der Waals surface area contributed by atoms with Gasteiger partial charge in [0, 0.05) is 23.7 Å². The molecule has 0 saturated heterocycles. The van der Waals surface area contributed by atoms with Crippen LogP contribution < -0.4 is 0 Å². The number of rotatable bonds is 5. The van der Waals surface area contributed by atoms with Gasteiger partial charge in [0.25, 0.3) is 0 Å². The maximum atomic E-state index is 13.8. The number of carbonyl (C=O) groups is 4. The zero-order valence-corrected chi connectivity index (χ0v) is 23.4. The first kappa shape index (κ1) is 27.2. The highest BCUT2D eigenvalue weighted by Crippen LogP contribution is 2.72. The van der Waals surface area contributed by atoms with Crippen molar-refractivity contribution in [2.45, 2.75) is 70.0 Å². The average Bonchev–Trinajstić information content (AvgIpc) is 3.47. The number of carbonyl (C=O) groups excluding carboxylic acids is 4. The number of allylic oxidation sites excluding steroid dienone is 4. The van der Waals surface area contributed by atoms with Gasteiger partial charge in [-0.05, 0) is 61.8 Å². The molecule has 4 aliphatic carbocycles. The summed E-state index contributed by atoms with van der Waals surface area (Å²) in [6.45, 7) is 7.15. The minimum atomic E-state index is -1.57. The first-order chi connectivity index (χ1) is 17.8. The van der Waals surface area contributed by atoms with Crippen LogP contribution in [0, 0.1) is 28.6 Å². The van der Waals surface area contributed by atoms with Gasteiger partial charge in [0.15, 0.2) is 17.2 Å². The molecule has 1 heterocycles. The highest BCUT2D eigenvalue weighted by molar-refractivity contribution is 6.29. The Kier molecular flexibility index (Phi) is 6.50. The molecule has 1 aromatic heterocycles. The number of esters is 2. The first-order valence-corrected chi connectivity index (χ1v) is 13.9. The lowest BCUT2D eigenvalue weighted by Gasteiger charge is -2.64. The maximum Gasteiger partial charge on any atom is 0.375 e. The lowest BCUT2D eigenvalue weighted by atomic mass is 9.45. The molecule has 0 aromatic carbocycles. The largest absolute Gasteiger partial charge is 0.461 e. The number of alkyl halides is 2. The second-order valence-electron chi connectivity index (χ2n) is 11.6. The van der Waals surface area contributed by atoms with Gasteiger partial charge in [-0.15, -0.1) is 23.2 Å². The van der Waals surface area contributed by atoms with E-state index in [1.165, 1.54) is 25.3 Å². The van der Waals surface area contributed by atoms with Crippen LogP contribution in [0.3, 0.4) is 0 Å². The van der Waals surface area contributed by atoms with Gasteiger partial charge in [0.2, 0.25) is 5.76 Å². The molecule has 0 aliphatic heterocycles. The van der Waals surface area contributed by atoms with Gasteiger partial charge < -0.3 is 13.9 Å². The van der Waals surface area contributed by atoms with E-state index in [0.29, 0.717) is 19.3 Å². The van der Waals surface area contributed by atoms with E-state index in [9.17, 15) is 19.2 Å². The molecule has 9 heteroatoms. The number of ketones is 2. The predicted octanol–water partition coefficient (Wildman–Crippen LogP) is 5.44. The van der Waals surface area contributed by atoms with E-state index in [0.717, 1.165) is 5.57 Å². The molecule has 0 N–H and O–H groups in total. The Hall–Kier alpha value is -2.38. The van der Waals surface area contributed by atoms with Crippen molar-refractivity contribution >= 4 is 46.7 Å². The van der Waals surface area contributed by atoms with Crippen molar-refractivity contribution in [3.8, 4) is 0 Å². The van der Waals surface area contributed by atoms with Crippen molar-refractivity contribution in [3.63, 3.8) is 0 Å². The molecule has 0 bridgehead atoms. The summed E-state index contributed by atoms with van der Waals surface area (Å²) in [5.41, 5.74) is -2.34. The number of furan rings is 1. The molecule has 0 radical (unpaired) electrons. The van der Waals surface area contributed by atoms with Gasteiger partial charge in [-0.2, -0.15) is 0 Å². The summed E-state index contributed by atoms with van der Waals surface area (Å²) < 4.78 is 17.4. The van der Waals surface area contributed by atoms with E-state index in [2.05, 4.69) is 0 Å². The highest BCUT2D eigenvalue weighted by Gasteiger charge is 2.77. The van der Waals surface area contributed by atoms with Crippen molar-refractivity contribution in [1.29, 1.82) is 0 Å². The zero-order valence-electron chi connectivity index (χ0n) is 21.9. The van der Waals surface area contributed by atoms with Crippen molar-refractivity contribution < 1.29 is 33.1 Å². The third-order valence-corrected chi connectivity index (χ3v) is 11.1. The fourth-order valence-corrected chi connectivity index (χ4v) is 9.15. The topological polar surface area (TPSA) is 99.9 Å². The summed E-state index contributed by atoms with van der Waals surface area (Å²) in [6.07, 6.45) is 7.57. The third kappa shape index (κ3) is 3.46. The number of Topliss-reactive ketones (excluding diaryl/α,β-unsaturated/α-hetero) is 1. The molecule has 1 unspecified atom stereocenters. The Morgan fingerprint density at radius 2 is 1.95 bits per heavy atom. The van der Waals surface area contributed by atoms with Crippen LogP contribution in [0.15, 0.2) is 46.6 Å². The van der Waals surface area contributed by atoms with Crippen LogP contribution in [0.25, 0.3) is 0 Å². The fourth-order valence-electron chi connectivity index (χ4n) is 8.38. The van der Waals surface area contributed by atoms with E-state index in [1.807, 2.05) is 26.8 Å². The summed E-state index contributed by atoms with van der Waals surface area (Å²) in [4.78, 5) is 50.6. The summed E-state index contributed by atoms with van der Waals surface area (Å²) in [5.74, 6) is -2.83. The normalized spacial score (nSPS) is 41.4. The van der Waals surface area contributed by atoms with E-state index in [4.69, 9.17) is 37.1 Å². The van der Waals surface area contributed by atoms with Crippen molar-refractivity contribution in [3.05, 3.63) is 48.0 Å². The highest BCUT2D eigenvalue weighted by atomic mass is 35.5. The Bertz CT molecular complexity index is 1250. The van der Waals surface area contributed by atoms with Gasteiger partial charge in [-0.25, -0.2) is 4.79 Å². The Morgan fingerprint density at radius 3 is 2.58 bits per heavy atom. The molecular formula is C29H32Cl2O7. The van der Waals surface area contributed by atoms with Gasteiger partial charge in [-0.1, -0.05) is 32.4 Å². The SMILES string of the molecule is CC(=O)O[C@H]1C[C@@]2(C)[C@@H](C[C@@H](C)[C@]2(OC(=O)c2ccco2)C(=O)CCl)[C@@H]2CCC3=CC(=O)C=C[C@]3(C)C12Cl. The standard InChI is InChI=1S/C29H32Cl2O7/c1-16-12-21-20-8-7-18-13-19(33)9-10-26(18,3)28(20,31)24(37-17(2)32)14-27(21,4)29(16,23(34)15-30)38-25(35)22-6-5-11-36-22/h5-6,9-11,13,16,20-21,24H,7-8,12,14-15H2,1-4H3/t16-,20+,21+,24+,26+,27+,28?,29+/m1/s1. The van der Waals surface area contributed by atoms with Gasteiger partial charge in [0.1, 0.15) is 6.10 Å². The van der Waals surface area contributed by atoms with Crippen LogP contribution in [0.4, 0.5) is 0 Å². The Balaban J connectivity index is 1.67. The van der Waals surface area contributed by atoms with Gasteiger partial charge >= 0.3 is 11.9 Å². The van der Waals surface area contributed by atoms with Gasteiger partial charge in [0.05, 0.1) is 17.0 Å². The van der Waals surface area contributed by atoms with Crippen LogP contribution in [0.5, 0.6) is 0 Å². The zero-order chi connectivity index (χ0) is 27.7. The minimum absolute atomic E-state index is 0.0120.